The van der Waals surface area contributed by atoms with Gasteiger partial charge in [0.15, 0.2) is 0 Å². The summed E-state index contributed by atoms with van der Waals surface area (Å²) in [7, 11) is 0. The third-order valence-electron chi connectivity index (χ3n) is 6.06. The van der Waals surface area contributed by atoms with Crippen LogP contribution in [0.5, 0.6) is 0 Å². The molecule has 0 saturated heterocycles. The Kier molecular flexibility index (Phi) is 6.34. The first-order chi connectivity index (χ1) is 14.8. The normalized spacial score (nSPS) is 22.5. The van der Waals surface area contributed by atoms with Crippen LogP contribution in [-0.4, -0.2) is 16.0 Å². The molecule has 0 bridgehead atoms. The fourth-order valence-corrected chi connectivity index (χ4v) is 4.49. The van der Waals surface area contributed by atoms with Gasteiger partial charge in [0.05, 0.1) is 9.85 Å². The van der Waals surface area contributed by atoms with Gasteiger partial charge < -0.3 is 0 Å². The van der Waals surface area contributed by atoms with Crippen molar-refractivity contribution in [1.29, 1.82) is 0 Å². The molecule has 1 aromatic rings. The Morgan fingerprint density at radius 3 is 1.91 bits per heavy atom. The highest BCUT2D eigenvalue weighted by atomic mass is 19.4. The number of nitro groups is 2. The van der Waals surface area contributed by atoms with Gasteiger partial charge in [-0.25, -0.2) is 0 Å². The summed E-state index contributed by atoms with van der Waals surface area (Å²) in [4.78, 5) is 19.8. The Bertz CT molecular complexity index is 989. The van der Waals surface area contributed by atoms with Crippen molar-refractivity contribution in [3.8, 4) is 0 Å². The second kappa shape index (κ2) is 8.55. The molecule has 0 atom stereocenters. The summed E-state index contributed by atoms with van der Waals surface area (Å²) in [5.41, 5.74) is -3.72. The number of hydrogen-bond donors (Lipinski definition) is 0. The van der Waals surface area contributed by atoms with Crippen molar-refractivity contribution >= 4 is 5.69 Å². The smallest absolute Gasteiger partial charge is 0.259 e. The van der Waals surface area contributed by atoms with Crippen LogP contribution < -0.4 is 0 Å². The number of hydrogen-bond acceptors (Lipinski definition) is 4. The highest BCUT2D eigenvalue weighted by Crippen LogP contribution is 2.45. The summed E-state index contributed by atoms with van der Waals surface area (Å²) in [5, 5.41) is 21.9. The maximum atomic E-state index is 13.3. The molecule has 3 rings (SSSR count). The molecule has 1 saturated carbocycles. The van der Waals surface area contributed by atoms with E-state index < -0.39 is 44.7 Å². The van der Waals surface area contributed by atoms with E-state index in [9.17, 15) is 46.6 Å². The topological polar surface area (TPSA) is 86.3 Å². The van der Waals surface area contributed by atoms with E-state index in [2.05, 4.69) is 0 Å². The van der Waals surface area contributed by atoms with Crippen molar-refractivity contribution in [3.05, 3.63) is 72.5 Å². The number of nitrogens with zero attached hydrogens (tertiary/aromatic N) is 2. The standard InChI is InChI=1S/C20H18F6N2O4/c21-19(22,23)15-9-13(5-7-17(15)27(29)30)11-1-2-12(4-3-11)14-6-8-18(28(31)32)16(10-14)20(24,25)26/h5,7,9-12H,1-4,6,8H2. The van der Waals surface area contributed by atoms with Gasteiger partial charge in [-0.15, -0.1) is 0 Å². The quantitative estimate of drug-likeness (QED) is 0.282. The number of rotatable bonds is 4. The lowest BCUT2D eigenvalue weighted by atomic mass is 9.73. The maximum Gasteiger partial charge on any atom is 0.423 e. The predicted octanol–water partition coefficient (Wildman–Crippen LogP) is 6.70. The summed E-state index contributed by atoms with van der Waals surface area (Å²) in [5.74, 6) is -0.568. The van der Waals surface area contributed by atoms with Gasteiger partial charge in [0, 0.05) is 12.5 Å². The second-order valence-corrected chi connectivity index (χ2v) is 7.91. The lowest BCUT2D eigenvalue weighted by Crippen LogP contribution is -2.23. The Labute approximate surface area is 177 Å². The van der Waals surface area contributed by atoms with E-state index in [1.165, 1.54) is 6.07 Å². The van der Waals surface area contributed by atoms with Gasteiger partial charge in [-0.3, -0.25) is 20.2 Å². The minimum atomic E-state index is -4.89. The number of alkyl halides is 6. The number of allylic oxidation sites excluding steroid dienone is 4. The second-order valence-electron chi connectivity index (χ2n) is 7.91. The van der Waals surface area contributed by atoms with Crippen molar-refractivity contribution in [2.24, 2.45) is 5.92 Å². The van der Waals surface area contributed by atoms with Crippen LogP contribution in [0.15, 0.2) is 41.1 Å². The molecule has 1 fully saturated rings. The Balaban J connectivity index is 1.79. The first kappa shape index (κ1) is 23.7. The minimum Gasteiger partial charge on any atom is -0.259 e. The molecule has 0 aliphatic heterocycles. The summed E-state index contributed by atoms with van der Waals surface area (Å²) >= 11 is 0. The van der Waals surface area contributed by atoms with Gasteiger partial charge in [0.1, 0.15) is 11.1 Å². The molecule has 0 spiro atoms. The van der Waals surface area contributed by atoms with Crippen LogP contribution >= 0.6 is 0 Å². The minimum absolute atomic E-state index is 0.126. The van der Waals surface area contributed by atoms with Crippen molar-refractivity contribution in [1.82, 2.24) is 0 Å². The van der Waals surface area contributed by atoms with Crippen molar-refractivity contribution in [2.75, 3.05) is 0 Å². The zero-order valence-corrected chi connectivity index (χ0v) is 16.5. The molecule has 0 aromatic heterocycles. The molecule has 0 N–H and O–H groups in total. The first-order valence-corrected chi connectivity index (χ1v) is 9.79. The molecule has 0 amide bonds. The van der Waals surface area contributed by atoms with Gasteiger partial charge in [0.2, 0.25) is 0 Å². The van der Waals surface area contributed by atoms with E-state index in [1.807, 2.05) is 0 Å². The third kappa shape index (κ3) is 4.94. The first-order valence-electron chi connectivity index (χ1n) is 9.79. The van der Waals surface area contributed by atoms with E-state index in [0.717, 1.165) is 18.2 Å². The lowest BCUT2D eigenvalue weighted by Gasteiger charge is -2.32. The molecule has 32 heavy (non-hydrogen) atoms. The van der Waals surface area contributed by atoms with Gasteiger partial charge in [-0.05, 0) is 61.6 Å². The number of benzene rings is 1. The molecule has 0 heterocycles. The highest BCUT2D eigenvalue weighted by molar-refractivity contribution is 5.46. The van der Waals surface area contributed by atoms with Gasteiger partial charge in [-0.2, -0.15) is 26.3 Å². The average Bonchev–Trinajstić information content (AvgIpc) is 2.71. The molecule has 0 radical (unpaired) electrons. The lowest BCUT2D eigenvalue weighted by molar-refractivity contribution is -0.430. The molecular weight excluding hydrogens is 446 g/mol. The third-order valence-corrected chi connectivity index (χ3v) is 6.06. The fourth-order valence-electron chi connectivity index (χ4n) is 4.49. The van der Waals surface area contributed by atoms with E-state index in [4.69, 9.17) is 0 Å². The highest BCUT2D eigenvalue weighted by Gasteiger charge is 2.43. The van der Waals surface area contributed by atoms with Crippen molar-refractivity contribution < 1.29 is 36.2 Å². The zero-order chi connectivity index (χ0) is 23.8. The Hall–Kier alpha value is -2.92. The monoisotopic (exact) mass is 464 g/mol. The molecule has 0 unspecified atom stereocenters. The van der Waals surface area contributed by atoms with Crippen LogP contribution in [0.1, 0.15) is 55.6 Å². The molecule has 1 aromatic carbocycles. The maximum absolute atomic E-state index is 13.3. The zero-order valence-electron chi connectivity index (χ0n) is 16.5. The van der Waals surface area contributed by atoms with E-state index in [0.29, 0.717) is 36.8 Å². The SMILES string of the molecule is O=[N+]([O-])C1=C(C(F)(F)F)C=C(C2CCC(c3ccc([N+](=O)[O-])c(C(F)(F)F)c3)CC2)CC1. The Morgan fingerprint density at radius 2 is 1.41 bits per heavy atom. The summed E-state index contributed by atoms with van der Waals surface area (Å²) in [6, 6.07) is 2.89. The van der Waals surface area contributed by atoms with Gasteiger partial charge in [0.25, 0.3) is 11.4 Å². The predicted molar refractivity (Wildman–Crippen MR) is 100 cm³/mol. The summed E-state index contributed by atoms with van der Waals surface area (Å²) in [6.07, 6.45) is -7.49. The molecular formula is C20H18F6N2O4. The van der Waals surface area contributed by atoms with E-state index >= 15 is 0 Å². The van der Waals surface area contributed by atoms with Crippen molar-refractivity contribution in [3.63, 3.8) is 0 Å². The van der Waals surface area contributed by atoms with Crippen LogP contribution in [-0.2, 0) is 6.18 Å². The largest absolute Gasteiger partial charge is 0.423 e. The molecule has 6 nitrogen and oxygen atoms in total. The van der Waals surface area contributed by atoms with Gasteiger partial charge in [-0.1, -0.05) is 11.6 Å². The number of nitro benzene ring substituents is 1. The van der Waals surface area contributed by atoms with E-state index in [-0.39, 0.29) is 24.7 Å². The van der Waals surface area contributed by atoms with Crippen LogP contribution in [0.3, 0.4) is 0 Å². The van der Waals surface area contributed by atoms with E-state index in [1.54, 1.807) is 0 Å². The molecule has 174 valence electrons. The average molecular weight is 464 g/mol. The van der Waals surface area contributed by atoms with Crippen molar-refractivity contribution in [2.45, 2.75) is 56.8 Å². The number of halogens is 6. The molecule has 12 heteroatoms. The molecule has 2 aliphatic carbocycles. The molecule has 2 aliphatic rings. The van der Waals surface area contributed by atoms with Crippen LogP contribution in [0.2, 0.25) is 0 Å². The Morgan fingerprint density at radius 1 is 0.812 bits per heavy atom. The van der Waals surface area contributed by atoms with Crippen LogP contribution in [0, 0.1) is 26.1 Å². The fraction of sp³-hybridized carbons (Fsp3) is 0.500. The summed E-state index contributed by atoms with van der Waals surface area (Å²) in [6.45, 7) is 0. The van der Waals surface area contributed by atoms with Crippen LogP contribution in [0.4, 0.5) is 32.0 Å². The summed E-state index contributed by atoms with van der Waals surface area (Å²) < 4.78 is 79.4. The van der Waals surface area contributed by atoms with Crippen LogP contribution in [0.25, 0.3) is 0 Å². The van der Waals surface area contributed by atoms with Gasteiger partial charge >= 0.3 is 12.4 Å².